The third-order valence-corrected chi connectivity index (χ3v) is 4.70. The molecule has 1 aliphatic heterocycles. The number of aliphatic hydroxyl groups excluding tert-OH is 1. The topological polar surface area (TPSA) is 71.0 Å². The zero-order valence-electron chi connectivity index (χ0n) is 15.8. The first-order chi connectivity index (χ1) is 13.5. The van der Waals surface area contributed by atoms with Gasteiger partial charge in [0, 0.05) is 31.6 Å². The van der Waals surface area contributed by atoms with E-state index in [-0.39, 0.29) is 18.6 Å². The minimum atomic E-state index is -0.639. The van der Waals surface area contributed by atoms with Crippen LogP contribution >= 0.6 is 11.6 Å². The number of anilines is 1. The number of hydrogen-bond donors (Lipinski definition) is 2. The molecule has 2 aromatic carbocycles. The molecular weight excluding hydrogens is 380 g/mol. The Morgan fingerprint density at radius 2 is 2.04 bits per heavy atom. The fourth-order valence-electron chi connectivity index (χ4n) is 3.19. The third-order valence-electron chi connectivity index (χ3n) is 4.44. The van der Waals surface area contributed by atoms with Crippen LogP contribution in [0.2, 0.25) is 5.02 Å². The number of carbonyl (C=O) groups is 1. The van der Waals surface area contributed by atoms with Gasteiger partial charge >= 0.3 is 0 Å². The van der Waals surface area contributed by atoms with E-state index in [0.29, 0.717) is 23.0 Å². The van der Waals surface area contributed by atoms with Crippen molar-refractivity contribution in [3.05, 3.63) is 53.6 Å². The monoisotopic (exact) mass is 404 g/mol. The molecule has 1 saturated heterocycles. The summed E-state index contributed by atoms with van der Waals surface area (Å²) in [7, 11) is 0. The van der Waals surface area contributed by atoms with E-state index in [0.717, 1.165) is 25.3 Å². The van der Waals surface area contributed by atoms with Crippen molar-refractivity contribution in [3.8, 4) is 11.5 Å². The van der Waals surface area contributed by atoms with Crippen molar-refractivity contribution in [2.45, 2.75) is 25.6 Å². The average Bonchev–Trinajstić information content (AvgIpc) is 3.09. The van der Waals surface area contributed by atoms with Gasteiger partial charge in [0.1, 0.15) is 30.3 Å². The summed E-state index contributed by atoms with van der Waals surface area (Å²) < 4.78 is 11.7. The lowest BCUT2D eigenvalue weighted by atomic mass is 10.3. The smallest absolute Gasteiger partial charge is 0.221 e. The van der Waals surface area contributed by atoms with E-state index in [4.69, 9.17) is 21.1 Å². The van der Waals surface area contributed by atoms with E-state index in [2.05, 4.69) is 10.2 Å². The van der Waals surface area contributed by atoms with Crippen LogP contribution in [-0.4, -0.2) is 54.4 Å². The molecule has 1 amide bonds. The number of benzene rings is 2. The first-order valence-electron chi connectivity index (χ1n) is 9.31. The normalized spacial score (nSPS) is 17.9. The molecule has 0 spiro atoms. The first-order valence-corrected chi connectivity index (χ1v) is 9.69. The van der Waals surface area contributed by atoms with Gasteiger partial charge in [0.2, 0.25) is 5.91 Å². The number of aliphatic hydroxyl groups is 1. The SMILES string of the molecule is CC(=O)Nc1ccccc1OC[C@H](O)CN1CC[C@H](Oc2ccc(Cl)cc2)C1. The molecule has 3 rings (SSSR count). The molecular formula is C21H25ClN2O4. The summed E-state index contributed by atoms with van der Waals surface area (Å²) in [6.45, 7) is 3.71. The quantitative estimate of drug-likeness (QED) is 0.707. The Labute approximate surface area is 170 Å². The molecule has 0 radical (unpaired) electrons. The summed E-state index contributed by atoms with van der Waals surface area (Å²) in [6, 6.07) is 14.5. The van der Waals surface area contributed by atoms with Crippen LogP contribution in [0.25, 0.3) is 0 Å². The van der Waals surface area contributed by atoms with E-state index < -0.39 is 6.10 Å². The highest BCUT2D eigenvalue weighted by Gasteiger charge is 2.25. The Balaban J connectivity index is 1.44. The average molecular weight is 405 g/mol. The molecule has 1 heterocycles. The van der Waals surface area contributed by atoms with Gasteiger partial charge in [-0.25, -0.2) is 0 Å². The van der Waals surface area contributed by atoms with Crippen LogP contribution in [-0.2, 0) is 4.79 Å². The fraction of sp³-hybridized carbons (Fsp3) is 0.381. The predicted molar refractivity (Wildman–Crippen MR) is 109 cm³/mol. The van der Waals surface area contributed by atoms with E-state index in [1.54, 1.807) is 12.1 Å². The molecule has 6 nitrogen and oxygen atoms in total. The number of nitrogens with one attached hydrogen (secondary N) is 1. The summed E-state index contributed by atoms with van der Waals surface area (Å²) in [5, 5.41) is 13.7. The first kappa shape index (κ1) is 20.5. The molecule has 2 atom stereocenters. The lowest BCUT2D eigenvalue weighted by Gasteiger charge is -2.21. The van der Waals surface area contributed by atoms with Gasteiger partial charge in [0.25, 0.3) is 0 Å². The van der Waals surface area contributed by atoms with Crippen LogP contribution in [0.15, 0.2) is 48.5 Å². The molecule has 2 N–H and O–H groups in total. The number of ether oxygens (including phenoxy) is 2. The molecule has 7 heteroatoms. The standard InChI is InChI=1S/C21H25ClN2O4/c1-15(25)23-20-4-2-3-5-21(20)27-14-17(26)12-24-11-10-19(13-24)28-18-8-6-16(22)7-9-18/h2-9,17,19,26H,10-14H2,1H3,(H,23,25)/t17-,19+/m1/s1. The molecule has 0 bridgehead atoms. The van der Waals surface area contributed by atoms with Crippen molar-refractivity contribution in [2.75, 3.05) is 31.6 Å². The minimum absolute atomic E-state index is 0.0924. The van der Waals surface area contributed by atoms with Crippen molar-refractivity contribution in [1.29, 1.82) is 0 Å². The molecule has 150 valence electrons. The second-order valence-electron chi connectivity index (χ2n) is 6.88. The van der Waals surface area contributed by atoms with Crippen LogP contribution in [0.4, 0.5) is 5.69 Å². The third kappa shape index (κ3) is 6.12. The van der Waals surface area contributed by atoms with Crippen molar-refractivity contribution >= 4 is 23.2 Å². The summed E-state index contributed by atoms with van der Waals surface area (Å²) in [5.41, 5.74) is 0.597. The van der Waals surface area contributed by atoms with Gasteiger partial charge in [-0.1, -0.05) is 23.7 Å². The van der Waals surface area contributed by atoms with E-state index in [9.17, 15) is 9.90 Å². The Hall–Kier alpha value is -2.28. The van der Waals surface area contributed by atoms with Gasteiger partial charge in [-0.05, 0) is 42.8 Å². The van der Waals surface area contributed by atoms with Gasteiger partial charge in [0.05, 0.1) is 5.69 Å². The Morgan fingerprint density at radius 3 is 2.79 bits per heavy atom. The van der Waals surface area contributed by atoms with Gasteiger partial charge in [-0.3, -0.25) is 9.69 Å². The summed E-state index contributed by atoms with van der Waals surface area (Å²) in [6.07, 6.45) is 0.358. The van der Waals surface area contributed by atoms with Gasteiger partial charge in [0.15, 0.2) is 0 Å². The Bertz CT molecular complexity index is 784. The van der Waals surface area contributed by atoms with Crippen LogP contribution in [0.5, 0.6) is 11.5 Å². The molecule has 2 aromatic rings. The Kier molecular flexibility index (Phi) is 7.14. The number of nitrogens with zero attached hydrogens (tertiary/aromatic N) is 1. The maximum absolute atomic E-state index is 11.3. The van der Waals surface area contributed by atoms with Crippen molar-refractivity contribution in [2.24, 2.45) is 0 Å². The summed E-state index contributed by atoms with van der Waals surface area (Å²) >= 11 is 5.89. The van der Waals surface area contributed by atoms with Crippen molar-refractivity contribution in [1.82, 2.24) is 4.90 Å². The second-order valence-corrected chi connectivity index (χ2v) is 7.32. The molecule has 0 aromatic heterocycles. The number of carbonyl (C=O) groups excluding carboxylic acids is 1. The maximum atomic E-state index is 11.3. The minimum Gasteiger partial charge on any atom is -0.489 e. The van der Waals surface area contributed by atoms with E-state index in [1.807, 2.05) is 36.4 Å². The van der Waals surface area contributed by atoms with Gasteiger partial charge in [-0.15, -0.1) is 0 Å². The van der Waals surface area contributed by atoms with E-state index in [1.165, 1.54) is 6.92 Å². The van der Waals surface area contributed by atoms with Crippen LogP contribution in [0.3, 0.4) is 0 Å². The maximum Gasteiger partial charge on any atom is 0.221 e. The highest BCUT2D eigenvalue weighted by atomic mass is 35.5. The number of amides is 1. The zero-order chi connectivity index (χ0) is 19.9. The lowest BCUT2D eigenvalue weighted by molar-refractivity contribution is -0.114. The molecule has 0 unspecified atom stereocenters. The summed E-state index contributed by atoms with van der Waals surface area (Å²) in [4.78, 5) is 13.4. The van der Waals surface area contributed by atoms with Crippen LogP contribution in [0, 0.1) is 0 Å². The van der Waals surface area contributed by atoms with Crippen LogP contribution in [0.1, 0.15) is 13.3 Å². The zero-order valence-corrected chi connectivity index (χ0v) is 16.6. The lowest BCUT2D eigenvalue weighted by Crippen LogP contribution is -2.35. The number of likely N-dealkylation sites (tertiary alicyclic amines) is 1. The van der Waals surface area contributed by atoms with Gasteiger partial charge in [-0.2, -0.15) is 0 Å². The van der Waals surface area contributed by atoms with E-state index >= 15 is 0 Å². The fourth-order valence-corrected chi connectivity index (χ4v) is 3.31. The Morgan fingerprint density at radius 1 is 1.29 bits per heavy atom. The summed E-state index contributed by atoms with van der Waals surface area (Å²) in [5.74, 6) is 1.18. The number of β-amino-alcohol motifs (C(OH)–C–C–N with tert-alkyl or cyclic N) is 1. The number of halogens is 1. The number of hydrogen-bond acceptors (Lipinski definition) is 5. The highest BCUT2D eigenvalue weighted by Crippen LogP contribution is 2.24. The second kappa shape index (κ2) is 9.78. The highest BCUT2D eigenvalue weighted by molar-refractivity contribution is 6.30. The van der Waals surface area contributed by atoms with Crippen molar-refractivity contribution < 1.29 is 19.4 Å². The molecule has 1 aliphatic rings. The molecule has 28 heavy (non-hydrogen) atoms. The van der Waals surface area contributed by atoms with Crippen LogP contribution < -0.4 is 14.8 Å². The number of para-hydroxylation sites is 2. The van der Waals surface area contributed by atoms with Crippen molar-refractivity contribution in [3.63, 3.8) is 0 Å². The van der Waals surface area contributed by atoms with Gasteiger partial charge < -0.3 is 19.9 Å². The number of rotatable bonds is 8. The predicted octanol–water partition coefficient (Wildman–Crippen LogP) is 3.19. The largest absolute Gasteiger partial charge is 0.489 e. The molecule has 0 aliphatic carbocycles. The molecule has 0 saturated carbocycles. The molecule has 1 fully saturated rings.